The fourth-order valence-electron chi connectivity index (χ4n) is 2.02. The van der Waals surface area contributed by atoms with Crippen LogP contribution in [0.15, 0.2) is 84.6 Å². The van der Waals surface area contributed by atoms with Crippen LogP contribution in [0.3, 0.4) is 0 Å². The number of carbonyl (C=O) groups excluding carboxylic acids is 1. The summed E-state index contributed by atoms with van der Waals surface area (Å²) in [5.41, 5.74) is 12.6. The predicted molar refractivity (Wildman–Crippen MR) is 111 cm³/mol. The molecule has 0 spiro atoms. The Morgan fingerprint density at radius 2 is 1.72 bits per heavy atom. The number of nitrogens with zero attached hydrogens (tertiary/aromatic N) is 2. The van der Waals surface area contributed by atoms with Crippen molar-refractivity contribution in [1.82, 2.24) is 20.8 Å². The smallest absolute Gasteiger partial charge is 0.229 e. The summed E-state index contributed by atoms with van der Waals surface area (Å²) in [5, 5.41) is 0.0987. The number of nitrogens with one attached hydrogen (secondary N) is 2. The maximum atomic E-state index is 11.6. The van der Waals surface area contributed by atoms with Crippen LogP contribution >= 0.6 is 12.2 Å². The number of hydrogen-bond acceptors (Lipinski definition) is 6. The number of Topliss-reactive ketones (excluding diaryl/α,β-unsaturated/α-hetero) is 1. The number of ether oxygens (including phenoxy) is 1. The minimum Gasteiger partial charge on any atom is -0.493 e. The van der Waals surface area contributed by atoms with Gasteiger partial charge in [0.2, 0.25) is 5.78 Å². The number of thiocarbonyl (C=S) groups is 1. The second-order valence-electron chi connectivity index (χ2n) is 5.09. The molecule has 10 heteroatoms. The van der Waals surface area contributed by atoms with Crippen LogP contribution in [0.5, 0.6) is 0 Å². The van der Waals surface area contributed by atoms with E-state index in [1.54, 1.807) is 30.6 Å². The third-order valence-corrected chi connectivity index (χ3v) is 3.35. The molecule has 8 nitrogen and oxygen atoms in total. The number of rotatable bonds is 4. The van der Waals surface area contributed by atoms with Gasteiger partial charge in [0.05, 0.1) is 18.5 Å². The van der Waals surface area contributed by atoms with Crippen molar-refractivity contribution in [2.75, 3.05) is 7.11 Å². The first-order valence-corrected chi connectivity index (χ1v) is 8.33. The van der Waals surface area contributed by atoms with Gasteiger partial charge in [-0.05, 0) is 48.6 Å². The number of pyridine rings is 2. The van der Waals surface area contributed by atoms with Crippen molar-refractivity contribution in [1.29, 1.82) is 0 Å². The molecule has 0 aromatic carbocycles. The van der Waals surface area contributed by atoms with Gasteiger partial charge in [-0.1, -0.05) is 18.2 Å². The minimum absolute atomic E-state index is 0. The molecule has 0 aliphatic heterocycles. The number of allylic oxidation sites excluding steroid dienone is 4. The Kier molecular flexibility index (Phi) is 12.5. The van der Waals surface area contributed by atoms with E-state index < -0.39 is 0 Å². The summed E-state index contributed by atoms with van der Waals surface area (Å²) >= 11 is 4.57. The van der Waals surface area contributed by atoms with Gasteiger partial charge in [-0.15, -0.1) is 0 Å². The Morgan fingerprint density at radius 1 is 1.14 bits per heavy atom. The zero-order chi connectivity index (χ0) is 19.5. The number of aromatic nitrogens is 2. The average Bonchev–Trinajstić information content (AvgIpc) is 2.71. The van der Waals surface area contributed by atoms with E-state index >= 15 is 0 Å². The molecule has 1 aliphatic carbocycles. The summed E-state index contributed by atoms with van der Waals surface area (Å²) in [7, 11) is 1.45. The summed E-state index contributed by atoms with van der Waals surface area (Å²) < 4.78 is 4.88. The normalized spacial score (nSPS) is 12.9. The minimum atomic E-state index is -0.197. The Bertz CT molecular complexity index is 836. The largest absolute Gasteiger partial charge is 0.493 e. The standard InChI is InChI=1S/C10H8N2.C9H11N3O2S.Ni.H2O/c1-3-7-11-9(5-1)10-6-2-4-8-12-10;1-14-7-4-2-3-6(8(7)13)5-11-12-9(10)15;;/h1-8H;2-5,11H,1H3,(H3,10,12,15);;1H2/b;6-5-;;. The molecule has 0 unspecified atom stereocenters. The SMILES string of the molecule is COC1=CC=C/C(=C/NNC(N)=S)C1=O.O.[Ni].c1ccc(-c2ccccn2)nc1. The number of nitrogens with two attached hydrogens (primary N) is 1. The van der Waals surface area contributed by atoms with Gasteiger partial charge >= 0.3 is 0 Å². The first-order valence-electron chi connectivity index (χ1n) is 7.92. The molecule has 29 heavy (non-hydrogen) atoms. The van der Waals surface area contributed by atoms with E-state index in [1.807, 2.05) is 36.4 Å². The van der Waals surface area contributed by atoms with Crippen molar-refractivity contribution in [3.63, 3.8) is 0 Å². The molecule has 1 aliphatic rings. The van der Waals surface area contributed by atoms with E-state index in [4.69, 9.17) is 10.5 Å². The molecule has 0 amide bonds. The predicted octanol–water partition coefficient (Wildman–Crippen LogP) is 1.19. The van der Waals surface area contributed by atoms with E-state index in [1.165, 1.54) is 13.3 Å². The number of methoxy groups -OCH3 is 1. The molecule has 0 fully saturated rings. The Hall–Kier alpha value is -3.07. The first kappa shape index (κ1) is 25.9. The Balaban J connectivity index is 0.000000514. The second-order valence-corrected chi connectivity index (χ2v) is 5.53. The third kappa shape index (κ3) is 8.65. The molecule has 2 heterocycles. The molecule has 2 aromatic rings. The number of ketones is 1. The fraction of sp³-hybridized carbons (Fsp3) is 0.0526. The quantitative estimate of drug-likeness (QED) is 0.270. The molecule has 156 valence electrons. The van der Waals surface area contributed by atoms with Crippen LogP contribution in [0.25, 0.3) is 11.4 Å². The molecule has 0 saturated heterocycles. The van der Waals surface area contributed by atoms with Crippen molar-refractivity contribution >= 4 is 23.1 Å². The topological polar surface area (TPSA) is 134 Å². The van der Waals surface area contributed by atoms with Gasteiger partial charge in [-0.3, -0.25) is 20.2 Å². The van der Waals surface area contributed by atoms with E-state index in [-0.39, 0.29) is 32.9 Å². The Labute approximate surface area is 184 Å². The van der Waals surface area contributed by atoms with Gasteiger partial charge in [0.25, 0.3) is 0 Å². The second kappa shape index (κ2) is 14.0. The van der Waals surface area contributed by atoms with Gasteiger partial charge in [-0.2, -0.15) is 0 Å². The number of carbonyl (C=O) groups is 1. The van der Waals surface area contributed by atoms with Crippen LogP contribution in [0.2, 0.25) is 0 Å². The summed E-state index contributed by atoms with van der Waals surface area (Å²) in [5.74, 6) is 0.0955. The van der Waals surface area contributed by atoms with E-state index in [2.05, 4.69) is 33.0 Å². The monoisotopic (exact) mass is 457 g/mol. The zero-order valence-electron chi connectivity index (χ0n) is 15.4. The van der Waals surface area contributed by atoms with Crippen molar-refractivity contribution in [2.24, 2.45) is 5.73 Å². The number of hydrazine groups is 1. The van der Waals surface area contributed by atoms with Crippen molar-refractivity contribution in [3.05, 3.63) is 84.6 Å². The average molecular weight is 458 g/mol. The van der Waals surface area contributed by atoms with Gasteiger partial charge in [0, 0.05) is 40.7 Å². The third-order valence-electron chi connectivity index (χ3n) is 3.24. The summed E-state index contributed by atoms with van der Waals surface area (Å²) in [6.45, 7) is 0. The maximum Gasteiger partial charge on any atom is 0.229 e. The molecule has 0 atom stereocenters. The summed E-state index contributed by atoms with van der Waals surface area (Å²) in [6, 6.07) is 11.6. The van der Waals surface area contributed by atoms with Gasteiger partial charge in [0.15, 0.2) is 10.9 Å². The van der Waals surface area contributed by atoms with Crippen LogP contribution in [0, 0.1) is 0 Å². The first-order chi connectivity index (χ1) is 13.1. The van der Waals surface area contributed by atoms with Gasteiger partial charge in [-0.25, -0.2) is 0 Å². The van der Waals surface area contributed by atoms with E-state index in [0.717, 1.165) is 11.4 Å². The molecule has 0 saturated carbocycles. The molecular formula is C19H21N5NiO3S. The summed E-state index contributed by atoms with van der Waals surface area (Å²) in [6.07, 6.45) is 9.96. The molecule has 0 radical (unpaired) electrons. The number of hydrogen-bond donors (Lipinski definition) is 3. The van der Waals surface area contributed by atoms with Crippen molar-refractivity contribution < 1.29 is 31.5 Å². The van der Waals surface area contributed by atoms with Crippen LogP contribution in [-0.4, -0.2) is 33.4 Å². The zero-order valence-corrected chi connectivity index (χ0v) is 17.2. The van der Waals surface area contributed by atoms with Crippen LogP contribution in [0.4, 0.5) is 0 Å². The van der Waals surface area contributed by atoms with Gasteiger partial charge < -0.3 is 21.4 Å². The van der Waals surface area contributed by atoms with Crippen LogP contribution in [0.1, 0.15) is 0 Å². The molecule has 2 aromatic heterocycles. The van der Waals surface area contributed by atoms with Crippen LogP contribution < -0.4 is 16.6 Å². The molecule has 0 bridgehead atoms. The van der Waals surface area contributed by atoms with Crippen molar-refractivity contribution in [2.45, 2.75) is 0 Å². The fourth-order valence-corrected chi connectivity index (χ4v) is 2.08. The van der Waals surface area contributed by atoms with Gasteiger partial charge in [0.1, 0.15) is 0 Å². The maximum absolute atomic E-state index is 11.6. The van der Waals surface area contributed by atoms with E-state index in [0.29, 0.717) is 11.3 Å². The molecular weight excluding hydrogens is 437 g/mol. The Morgan fingerprint density at radius 3 is 2.17 bits per heavy atom. The van der Waals surface area contributed by atoms with Crippen LogP contribution in [-0.2, 0) is 26.0 Å². The van der Waals surface area contributed by atoms with Crippen molar-refractivity contribution in [3.8, 4) is 11.4 Å². The summed E-state index contributed by atoms with van der Waals surface area (Å²) in [4.78, 5) is 20.0. The molecule has 6 N–H and O–H groups in total. The van der Waals surface area contributed by atoms with E-state index in [9.17, 15) is 4.79 Å². The molecule has 3 rings (SSSR count).